The Morgan fingerprint density at radius 2 is 2.13 bits per heavy atom. The molecule has 0 radical (unpaired) electrons. The van der Waals surface area contributed by atoms with Gasteiger partial charge in [0, 0.05) is 6.54 Å². The van der Waals surface area contributed by atoms with Gasteiger partial charge in [0.15, 0.2) is 5.11 Å². The molecule has 1 aliphatic heterocycles. The van der Waals surface area contributed by atoms with Crippen LogP contribution in [0.2, 0.25) is 0 Å². The first-order chi connectivity index (χ1) is 7.30. The molecule has 2 nitrogen and oxygen atoms in total. The number of aryl methyl sites for hydroxylation is 1. The lowest BCUT2D eigenvalue weighted by atomic mass is 9.77. The number of hydrogen-bond acceptors (Lipinski definition) is 1. The zero-order valence-electron chi connectivity index (χ0n) is 8.55. The van der Waals surface area contributed by atoms with E-state index < -0.39 is 0 Å². The highest BCUT2D eigenvalue weighted by Gasteiger charge is 2.40. The molecule has 2 N–H and O–H groups in total. The smallest absolute Gasteiger partial charge is 0.167 e. The second kappa shape index (κ2) is 3.20. The summed E-state index contributed by atoms with van der Waals surface area (Å²) in [6.45, 7) is 0.933. The van der Waals surface area contributed by atoms with Crippen LogP contribution in [-0.4, -0.2) is 11.7 Å². The Balaban J connectivity index is 2.09. The fourth-order valence-electron chi connectivity index (χ4n) is 2.77. The van der Waals surface area contributed by atoms with Crippen molar-refractivity contribution in [1.82, 2.24) is 10.6 Å². The maximum Gasteiger partial charge on any atom is 0.167 e. The van der Waals surface area contributed by atoms with Gasteiger partial charge in [-0.1, -0.05) is 24.3 Å². The van der Waals surface area contributed by atoms with Crippen molar-refractivity contribution in [2.75, 3.05) is 6.54 Å². The lowest BCUT2D eigenvalue weighted by molar-refractivity contribution is 0.363. The van der Waals surface area contributed by atoms with Gasteiger partial charge in [-0.15, -0.1) is 0 Å². The first-order valence-electron chi connectivity index (χ1n) is 5.45. The van der Waals surface area contributed by atoms with E-state index in [1.165, 1.54) is 30.4 Å². The van der Waals surface area contributed by atoms with Gasteiger partial charge in [0.25, 0.3) is 0 Å². The molecule has 1 aliphatic carbocycles. The topological polar surface area (TPSA) is 24.1 Å². The standard InChI is InChI=1S/C12H14N2S/c15-11-13-8-12(14-11)7-3-5-9-4-1-2-6-10(9)12/h1-2,4,6H,3,5,7-8H2,(H2,13,14,15)/t12-/m1/s1. The minimum Gasteiger partial charge on any atom is -0.360 e. The number of rotatable bonds is 0. The van der Waals surface area contributed by atoms with E-state index in [-0.39, 0.29) is 5.54 Å². The number of nitrogens with one attached hydrogen (secondary N) is 2. The zero-order chi connectivity index (χ0) is 10.3. The molecule has 3 heteroatoms. The van der Waals surface area contributed by atoms with E-state index >= 15 is 0 Å². The predicted octanol–water partition coefficient (Wildman–Crippen LogP) is 1.70. The molecule has 1 saturated heterocycles. The van der Waals surface area contributed by atoms with E-state index in [2.05, 4.69) is 34.9 Å². The molecule has 3 rings (SSSR count). The molecule has 1 fully saturated rings. The van der Waals surface area contributed by atoms with Crippen LogP contribution in [0, 0.1) is 0 Å². The molecule has 15 heavy (non-hydrogen) atoms. The third-order valence-electron chi connectivity index (χ3n) is 3.49. The van der Waals surface area contributed by atoms with Crippen LogP contribution in [-0.2, 0) is 12.0 Å². The number of benzene rings is 1. The van der Waals surface area contributed by atoms with Crippen molar-refractivity contribution >= 4 is 17.3 Å². The SMILES string of the molecule is S=C1NC[C@@]2(CCCc3ccccc32)N1. The van der Waals surface area contributed by atoms with Crippen molar-refractivity contribution in [2.24, 2.45) is 0 Å². The summed E-state index contributed by atoms with van der Waals surface area (Å²) in [4.78, 5) is 0. The Hall–Kier alpha value is -1.09. The van der Waals surface area contributed by atoms with E-state index in [0.717, 1.165) is 11.7 Å². The average Bonchev–Trinajstić information content (AvgIpc) is 2.62. The van der Waals surface area contributed by atoms with Crippen molar-refractivity contribution in [3.63, 3.8) is 0 Å². The number of thiocarbonyl (C=S) groups is 1. The van der Waals surface area contributed by atoms with Crippen LogP contribution in [0.5, 0.6) is 0 Å². The molecule has 0 saturated carbocycles. The predicted molar refractivity (Wildman–Crippen MR) is 64.8 cm³/mol. The number of fused-ring (bicyclic) bond motifs is 2. The molecule has 1 aromatic rings. The second-order valence-corrected chi connectivity index (χ2v) is 4.81. The molecule has 2 aliphatic rings. The highest BCUT2D eigenvalue weighted by molar-refractivity contribution is 7.80. The molecule has 0 aromatic heterocycles. The van der Waals surface area contributed by atoms with Gasteiger partial charge in [-0.3, -0.25) is 0 Å². The quantitative estimate of drug-likeness (QED) is 0.648. The summed E-state index contributed by atoms with van der Waals surface area (Å²) in [5, 5.41) is 7.48. The Morgan fingerprint density at radius 3 is 2.93 bits per heavy atom. The first-order valence-corrected chi connectivity index (χ1v) is 5.85. The Labute approximate surface area is 95.1 Å². The van der Waals surface area contributed by atoms with Gasteiger partial charge in [-0.2, -0.15) is 0 Å². The lowest BCUT2D eigenvalue weighted by Gasteiger charge is -2.35. The van der Waals surface area contributed by atoms with Gasteiger partial charge in [0.05, 0.1) is 5.54 Å². The molecule has 1 heterocycles. The van der Waals surface area contributed by atoms with Crippen molar-refractivity contribution in [3.05, 3.63) is 35.4 Å². The summed E-state index contributed by atoms with van der Waals surface area (Å²) < 4.78 is 0. The molecule has 78 valence electrons. The van der Waals surface area contributed by atoms with E-state index in [0.29, 0.717) is 0 Å². The van der Waals surface area contributed by atoms with Gasteiger partial charge < -0.3 is 10.6 Å². The van der Waals surface area contributed by atoms with E-state index in [4.69, 9.17) is 12.2 Å². The van der Waals surface area contributed by atoms with Crippen molar-refractivity contribution < 1.29 is 0 Å². The maximum atomic E-state index is 5.18. The van der Waals surface area contributed by atoms with Gasteiger partial charge in [0.2, 0.25) is 0 Å². The minimum atomic E-state index is 0.0753. The molecule has 1 aromatic carbocycles. The lowest BCUT2D eigenvalue weighted by Crippen LogP contribution is -2.43. The molecule has 0 amide bonds. The summed E-state index contributed by atoms with van der Waals surface area (Å²) >= 11 is 5.18. The van der Waals surface area contributed by atoms with E-state index in [9.17, 15) is 0 Å². The average molecular weight is 218 g/mol. The molecule has 1 spiro atoms. The molecule has 1 atom stereocenters. The Morgan fingerprint density at radius 1 is 1.27 bits per heavy atom. The third kappa shape index (κ3) is 1.34. The molecule has 0 bridgehead atoms. The highest BCUT2D eigenvalue weighted by atomic mass is 32.1. The summed E-state index contributed by atoms with van der Waals surface area (Å²) in [5.74, 6) is 0. The van der Waals surface area contributed by atoms with Crippen molar-refractivity contribution in [2.45, 2.75) is 24.8 Å². The summed E-state index contributed by atoms with van der Waals surface area (Å²) in [6, 6.07) is 8.71. The monoisotopic (exact) mass is 218 g/mol. The molecular weight excluding hydrogens is 204 g/mol. The fourth-order valence-corrected chi connectivity index (χ4v) is 3.04. The van der Waals surface area contributed by atoms with Crippen LogP contribution in [0.1, 0.15) is 24.0 Å². The fraction of sp³-hybridized carbons (Fsp3) is 0.417. The van der Waals surface area contributed by atoms with Crippen LogP contribution >= 0.6 is 12.2 Å². The summed E-state index contributed by atoms with van der Waals surface area (Å²) in [5.41, 5.74) is 2.98. The van der Waals surface area contributed by atoms with Crippen molar-refractivity contribution in [1.29, 1.82) is 0 Å². The highest BCUT2D eigenvalue weighted by Crippen LogP contribution is 2.36. The van der Waals surface area contributed by atoms with Gasteiger partial charge in [-0.25, -0.2) is 0 Å². The molecular formula is C12H14N2S. The van der Waals surface area contributed by atoms with Crippen LogP contribution in [0.15, 0.2) is 24.3 Å². The Bertz CT molecular complexity index is 416. The minimum absolute atomic E-state index is 0.0753. The van der Waals surface area contributed by atoms with Gasteiger partial charge in [-0.05, 0) is 42.6 Å². The van der Waals surface area contributed by atoms with Gasteiger partial charge >= 0.3 is 0 Å². The van der Waals surface area contributed by atoms with E-state index in [1.54, 1.807) is 0 Å². The summed E-state index contributed by atoms with van der Waals surface area (Å²) in [6.07, 6.45) is 3.62. The zero-order valence-corrected chi connectivity index (χ0v) is 9.36. The summed E-state index contributed by atoms with van der Waals surface area (Å²) in [7, 11) is 0. The van der Waals surface area contributed by atoms with Crippen LogP contribution < -0.4 is 10.6 Å². The largest absolute Gasteiger partial charge is 0.360 e. The number of hydrogen-bond donors (Lipinski definition) is 2. The van der Waals surface area contributed by atoms with Crippen LogP contribution in [0.25, 0.3) is 0 Å². The Kier molecular flexibility index (Phi) is 1.96. The van der Waals surface area contributed by atoms with E-state index in [1.807, 2.05) is 0 Å². The van der Waals surface area contributed by atoms with Crippen LogP contribution in [0.4, 0.5) is 0 Å². The molecule has 0 unspecified atom stereocenters. The first kappa shape index (κ1) is 9.16. The third-order valence-corrected chi connectivity index (χ3v) is 3.73. The second-order valence-electron chi connectivity index (χ2n) is 4.40. The van der Waals surface area contributed by atoms with Gasteiger partial charge in [0.1, 0.15) is 0 Å². The normalized spacial score (nSPS) is 28.4. The van der Waals surface area contributed by atoms with Crippen molar-refractivity contribution in [3.8, 4) is 0 Å². The maximum absolute atomic E-state index is 5.18. The van der Waals surface area contributed by atoms with Crippen LogP contribution in [0.3, 0.4) is 0 Å².